The molecule has 1 aliphatic rings. The predicted molar refractivity (Wildman–Crippen MR) is 72.9 cm³/mol. The lowest BCUT2D eigenvalue weighted by molar-refractivity contribution is 0.331. The molecule has 88 valence electrons. The van der Waals surface area contributed by atoms with Crippen LogP contribution < -0.4 is 5.73 Å². The molecule has 0 unspecified atom stereocenters. The van der Waals surface area contributed by atoms with Crippen LogP contribution in [0.1, 0.15) is 18.4 Å². The van der Waals surface area contributed by atoms with Gasteiger partial charge in [0, 0.05) is 12.2 Å². The molecule has 17 heavy (non-hydrogen) atoms. The van der Waals surface area contributed by atoms with Gasteiger partial charge in [-0.1, -0.05) is 18.2 Å². The van der Waals surface area contributed by atoms with Gasteiger partial charge in [0.25, 0.3) is 0 Å². The zero-order chi connectivity index (χ0) is 11.7. The number of benzene rings is 2. The van der Waals surface area contributed by atoms with E-state index in [-0.39, 0.29) is 0 Å². The molecule has 2 nitrogen and oxygen atoms in total. The van der Waals surface area contributed by atoms with Gasteiger partial charge in [0.2, 0.25) is 0 Å². The molecule has 0 amide bonds. The third kappa shape index (κ3) is 2.27. The summed E-state index contributed by atoms with van der Waals surface area (Å²) in [7, 11) is 0. The molecule has 1 saturated heterocycles. The summed E-state index contributed by atoms with van der Waals surface area (Å²) in [5.74, 6) is 0. The summed E-state index contributed by atoms with van der Waals surface area (Å²) in [4.78, 5) is 2.53. The lowest BCUT2D eigenvalue weighted by Crippen LogP contribution is -2.18. The molecule has 0 radical (unpaired) electrons. The van der Waals surface area contributed by atoms with E-state index in [1.54, 1.807) is 0 Å². The van der Waals surface area contributed by atoms with Gasteiger partial charge in [0.1, 0.15) is 0 Å². The van der Waals surface area contributed by atoms with Crippen molar-refractivity contribution in [3.05, 3.63) is 42.0 Å². The largest absolute Gasteiger partial charge is 0.399 e. The first-order chi connectivity index (χ1) is 8.31. The maximum atomic E-state index is 5.79. The van der Waals surface area contributed by atoms with Crippen molar-refractivity contribution in [1.29, 1.82) is 0 Å². The van der Waals surface area contributed by atoms with Gasteiger partial charge in [0.15, 0.2) is 0 Å². The number of nitrogens with zero attached hydrogens (tertiary/aromatic N) is 1. The van der Waals surface area contributed by atoms with Crippen molar-refractivity contribution < 1.29 is 0 Å². The molecular formula is C15H18N2. The maximum Gasteiger partial charge on any atom is 0.0320 e. The Morgan fingerprint density at radius 2 is 1.65 bits per heavy atom. The number of nitrogen functional groups attached to an aromatic ring is 1. The lowest BCUT2D eigenvalue weighted by atomic mass is 10.1. The van der Waals surface area contributed by atoms with Gasteiger partial charge in [-0.05, 0) is 60.5 Å². The van der Waals surface area contributed by atoms with Gasteiger partial charge < -0.3 is 5.73 Å². The summed E-state index contributed by atoms with van der Waals surface area (Å²) < 4.78 is 0. The molecule has 1 aliphatic heterocycles. The zero-order valence-corrected chi connectivity index (χ0v) is 10.0. The van der Waals surface area contributed by atoms with Crippen LogP contribution >= 0.6 is 0 Å². The Balaban J connectivity index is 1.88. The van der Waals surface area contributed by atoms with Crippen LogP contribution in [0.15, 0.2) is 36.4 Å². The number of likely N-dealkylation sites (tertiary alicyclic amines) is 1. The van der Waals surface area contributed by atoms with Crippen LogP contribution in [0.5, 0.6) is 0 Å². The maximum absolute atomic E-state index is 5.79. The third-order valence-corrected chi connectivity index (χ3v) is 3.53. The Morgan fingerprint density at radius 1 is 0.941 bits per heavy atom. The van der Waals surface area contributed by atoms with Gasteiger partial charge in [-0.2, -0.15) is 0 Å². The topological polar surface area (TPSA) is 29.3 Å². The van der Waals surface area contributed by atoms with E-state index in [4.69, 9.17) is 5.73 Å². The molecule has 0 atom stereocenters. The second-order valence-corrected chi connectivity index (χ2v) is 4.92. The average Bonchev–Trinajstić information content (AvgIpc) is 2.82. The first-order valence-corrected chi connectivity index (χ1v) is 6.32. The van der Waals surface area contributed by atoms with Crippen molar-refractivity contribution in [1.82, 2.24) is 4.90 Å². The number of anilines is 1. The van der Waals surface area contributed by atoms with Gasteiger partial charge in [-0.25, -0.2) is 0 Å². The SMILES string of the molecule is Nc1ccc2cc(CN3CCCC3)ccc2c1. The van der Waals surface area contributed by atoms with E-state index >= 15 is 0 Å². The summed E-state index contributed by atoms with van der Waals surface area (Å²) in [6.45, 7) is 3.58. The monoisotopic (exact) mass is 226 g/mol. The first-order valence-electron chi connectivity index (χ1n) is 6.32. The third-order valence-electron chi connectivity index (χ3n) is 3.53. The second-order valence-electron chi connectivity index (χ2n) is 4.92. The van der Waals surface area contributed by atoms with E-state index in [9.17, 15) is 0 Å². The molecule has 2 heteroatoms. The van der Waals surface area contributed by atoms with Crippen LogP contribution in [-0.2, 0) is 6.54 Å². The van der Waals surface area contributed by atoms with Gasteiger partial charge >= 0.3 is 0 Å². The van der Waals surface area contributed by atoms with Gasteiger partial charge in [-0.15, -0.1) is 0 Å². The van der Waals surface area contributed by atoms with E-state index in [2.05, 4.69) is 29.2 Å². The van der Waals surface area contributed by atoms with Crippen LogP contribution in [0.3, 0.4) is 0 Å². The summed E-state index contributed by atoms with van der Waals surface area (Å²) in [6.07, 6.45) is 2.70. The Hall–Kier alpha value is -1.54. The highest BCUT2D eigenvalue weighted by Crippen LogP contribution is 2.20. The molecule has 1 fully saturated rings. The molecule has 2 aromatic carbocycles. The van der Waals surface area contributed by atoms with Gasteiger partial charge in [-0.3, -0.25) is 4.90 Å². The fraction of sp³-hybridized carbons (Fsp3) is 0.333. The molecule has 0 aromatic heterocycles. The minimum absolute atomic E-state index is 0.838. The molecule has 3 rings (SSSR count). The zero-order valence-electron chi connectivity index (χ0n) is 10.0. The Bertz CT molecular complexity index is 527. The summed E-state index contributed by atoms with van der Waals surface area (Å²) >= 11 is 0. The molecule has 2 N–H and O–H groups in total. The predicted octanol–water partition coefficient (Wildman–Crippen LogP) is 3.02. The highest BCUT2D eigenvalue weighted by Gasteiger charge is 2.11. The van der Waals surface area contributed by atoms with Crippen molar-refractivity contribution in [2.24, 2.45) is 0 Å². The fourth-order valence-electron chi connectivity index (χ4n) is 2.61. The van der Waals surface area contributed by atoms with E-state index in [1.807, 2.05) is 12.1 Å². The van der Waals surface area contributed by atoms with Crippen LogP contribution in [0.25, 0.3) is 10.8 Å². The van der Waals surface area contributed by atoms with E-state index in [0.29, 0.717) is 0 Å². The number of hydrogen-bond acceptors (Lipinski definition) is 2. The standard InChI is InChI=1S/C15H18N2/c16-15-6-5-13-9-12(3-4-14(13)10-15)11-17-7-1-2-8-17/h3-6,9-10H,1-2,7-8,11,16H2. The highest BCUT2D eigenvalue weighted by molar-refractivity contribution is 5.85. The molecule has 2 aromatic rings. The number of rotatable bonds is 2. The van der Waals surface area contributed by atoms with Crippen molar-refractivity contribution in [2.75, 3.05) is 18.8 Å². The summed E-state index contributed by atoms with van der Waals surface area (Å²) in [5.41, 5.74) is 8.03. The van der Waals surface area contributed by atoms with Crippen LogP contribution in [-0.4, -0.2) is 18.0 Å². The van der Waals surface area contributed by atoms with E-state index in [1.165, 1.54) is 42.3 Å². The average molecular weight is 226 g/mol. The minimum atomic E-state index is 0.838. The Kier molecular flexibility index (Phi) is 2.73. The molecule has 0 spiro atoms. The smallest absolute Gasteiger partial charge is 0.0320 e. The molecule has 0 bridgehead atoms. The lowest BCUT2D eigenvalue weighted by Gasteiger charge is -2.14. The van der Waals surface area contributed by atoms with Crippen LogP contribution in [0, 0.1) is 0 Å². The normalized spacial score (nSPS) is 16.7. The Morgan fingerprint density at radius 3 is 2.47 bits per heavy atom. The number of hydrogen-bond donors (Lipinski definition) is 1. The highest BCUT2D eigenvalue weighted by atomic mass is 15.1. The van der Waals surface area contributed by atoms with E-state index in [0.717, 1.165) is 12.2 Å². The second kappa shape index (κ2) is 4.38. The van der Waals surface area contributed by atoms with Crippen molar-refractivity contribution >= 4 is 16.5 Å². The summed E-state index contributed by atoms with van der Waals surface area (Å²) in [6, 6.07) is 12.8. The van der Waals surface area contributed by atoms with E-state index < -0.39 is 0 Å². The van der Waals surface area contributed by atoms with Crippen molar-refractivity contribution in [2.45, 2.75) is 19.4 Å². The molecular weight excluding hydrogens is 208 g/mol. The molecule has 0 aliphatic carbocycles. The van der Waals surface area contributed by atoms with Crippen LogP contribution in [0.4, 0.5) is 5.69 Å². The Labute approximate surface area is 102 Å². The quantitative estimate of drug-likeness (QED) is 0.798. The minimum Gasteiger partial charge on any atom is -0.399 e. The molecule has 1 heterocycles. The first kappa shape index (κ1) is 10.6. The van der Waals surface area contributed by atoms with Crippen LogP contribution in [0.2, 0.25) is 0 Å². The number of nitrogens with two attached hydrogens (primary N) is 1. The fourth-order valence-corrected chi connectivity index (χ4v) is 2.61. The summed E-state index contributed by atoms with van der Waals surface area (Å²) in [5, 5.41) is 2.52. The van der Waals surface area contributed by atoms with Gasteiger partial charge in [0.05, 0.1) is 0 Å². The van der Waals surface area contributed by atoms with Crippen molar-refractivity contribution in [3.8, 4) is 0 Å². The molecule has 0 saturated carbocycles. The van der Waals surface area contributed by atoms with Crippen molar-refractivity contribution in [3.63, 3.8) is 0 Å². The number of fused-ring (bicyclic) bond motifs is 1.